The maximum Gasteiger partial charge on any atom is 0.253 e. The second kappa shape index (κ2) is 7.55. The highest BCUT2D eigenvalue weighted by molar-refractivity contribution is 7.99. The second-order valence-electron chi connectivity index (χ2n) is 6.86. The SMILES string of the molecule is Cc1ccccc1C1CCN(C(=O)c2ccc3ccccc3c2)CCS1. The minimum atomic E-state index is 0.154. The Bertz CT molecular complexity index is 936. The summed E-state index contributed by atoms with van der Waals surface area (Å²) in [6.45, 7) is 3.81. The van der Waals surface area contributed by atoms with Gasteiger partial charge >= 0.3 is 0 Å². The van der Waals surface area contributed by atoms with E-state index in [2.05, 4.69) is 43.3 Å². The molecule has 1 aliphatic heterocycles. The number of carbonyl (C=O) groups is 1. The van der Waals surface area contributed by atoms with Crippen LogP contribution in [-0.4, -0.2) is 29.6 Å². The Kier molecular flexibility index (Phi) is 4.98. The molecule has 1 saturated heterocycles. The lowest BCUT2D eigenvalue weighted by molar-refractivity contribution is 0.0767. The zero-order valence-electron chi connectivity index (χ0n) is 15.0. The van der Waals surface area contributed by atoms with Crippen LogP contribution in [0.1, 0.15) is 33.2 Å². The minimum Gasteiger partial charge on any atom is -0.338 e. The average molecular weight is 362 g/mol. The van der Waals surface area contributed by atoms with Crippen molar-refractivity contribution in [3.63, 3.8) is 0 Å². The molecule has 3 heteroatoms. The Morgan fingerprint density at radius 3 is 2.58 bits per heavy atom. The number of nitrogens with zero attached hydrogens (tertiary/aromatic N) is 1. The van der Waals surface area contributed by atoms with Crippen molar-refractivity contribution >= 4 is 28.4 Å². The molecule has 0 saturated carbocycles. The van der Waals surface area contributed by atoms with Gasteiger partial charge in [-0.2, -0.15) is 11.8 Å². The highest BCUT2D eigenvalue weighted by atomic mass is 32.2. The molecule has 0 aromatic heterocycles. The van der Waals surface area contributed by atoms with Crippen molar-refractivity contribution in [1.82, 2.24) is 4.90 Å². The highest BCUT2D eigenvalue weighted by Crippen LogP contribution is 2.36. The molecule has 0 N–H and O–H groups in total. The number of benzene rings is 3. The van der Waals surface area contributed by atoms with Crippen LogP contribution in [0, 0.1) is 6.92 Å². The standard InChI is InChI=1S/C23H23NOS/c1-17-6-2-5-9-21(17)22-12-13-24(14-15-26-22)23(25)20-11-10-18-7-3-4-8-19(18)16-20/h2-11,16,22H,12-15H2,1H3. The number of thioether (sulfide) groups is 1. The number of hydrogen-bond donors (Lipinski definition) is 0. The molecular formula is C23H23NOS. The van der Waals surface area contributed by atoms with Gasteiger partial charge in [0.2, 0.25) is 0 Å². The molecule has 0 bridgehead atoms. The predicted octanol–water partition coefficient (Wildman–Crippen LogP) is 5.47. The first kappa shape index (κ1) is 17.2. The third kappa shape index (κ3) is 3.49. The van der Waals surface area contributed by atoms with Crippen molar-refractivity contribution in [1.29, 1.82) is 0 Å². The molecule has 1 fully saturated rings. The molecule has 2 nitrogen and oxygen atoms in total. The summed E-state index contributed by atoms with van der Waals surface area (Å²) in [4.78, 5) is 15.0. The van der Waals surface area contributed by atoms with E-state index in [1.807, 2.05) is 47.0 Å². The summed E-state index contributed by atoms with van der Waals surface area (Å²) in [6, 6.07) is 22.8. The van der Waals surface area contributed by atoms with Crippen molar-refractivity contribution < 1.29 is 4.79 Å². The number of aryl methyl sites for hydroxylation is 1. The summed E-state index contributed by atoms with van der Waals surface area (Å²) in [6.07, 6.45) is 1.01. The zero-order chi connectivity index (χ0) is 17.9. The third-order valence-corrected chi connectivity index (χ3v) is 6.47. The van der Waals surface area contributed by atoms with Gasteiger partial charge in [0, 0.05) is 29.7 Å². The number of amides is 1. The quantitative estimate of drug-likeness (QED) is 0.603. The Balaban J connectivity index is 1.51. The van der Waals surface area contributed by atoms with Crippen LogP contribution < -0.4 is 0 Å². The van der Waals surface area contributed by atoms with E-state index < -0.39 is 0 Å². The zero-order valence-corrected chi connectivity index (χ0v) is 15.8. The second-order valence-corrected chi connectivity index (χ2v) is 8.17. The van der Waals surface area contributed by atoms with Crippen molar-refractivity contribution in [2.24, 2.45) is 0 Å². The van der Waals surface area contributed by atoms with Gasteiger partial charge in [0.15, 0.2) is 0 Å². The molecule has 4 rings (SSSR count). The summed E-state index contributed by atoms with van der Waals surface area (Å²) >= 11 is 1.98. The fourth-order valence-electron chi connectivity index (χ4n) is 3.67. The van der Waals surface area contributed by atoms with Crippen LogP contribution in [0.5, 0.6) is 0 Å². The smallest absolute Gasteiger partial charge is 0.253 e. The minimum absolute atomic E-state index is 0.154. The van der Waals surface area contributed by atoms with Crippen LogP contribution in [0.25, 0.3) is 10.8 Å². The Labute approximate surface area is 159 Å². The van der Waals surface area contributed by atoms with E-state index in [0.717, 1.165) is 36.2 Å². The van der Waals surface area contributed by atoms with Gasteiger partial charge < -0.3 is 4.90 Å². The summed E-state index contributed by atoms with van der Waals surface area (Å²) in [5.74, 6) is 1.14. The Hall–Kier alpha value is -2.26. The van der Waals surface area contributed by atoms with Crippen molar-refractivity contribution in [2.75, 3.05) is 18.8 Å². The lowest BCUT2D eigenvalue weighted by Crippen LogP contribution is -2.32. The van der Waals surface area contributed by atoms with Crippen molar-refractivity contribution in [3.8, 4) is 0 Å². The van der Waals surface area contributed by atoms with Gasteiger partial charge in [-0.25, -0.2) is 0 Å². The third-order valence-electron chi connectivity index (χ3n) is 5.16. The normalized spacial score (nSPS) is 17.9. The maximum absolute atomic E-state index is 13.0. The first-order valence-electron chi connectivity index (χ1n) is 9.17. The van der Waals surface area contributed by atoms with Crippen LogP contribution in [0.3, 0.4) is 0 Å². The monoisotopic (exact) mass is 361 g/mol. The van der Waals surface area contributed by atoms with E-state index in [9.17, 15) is 4.79 Å². The molecule has 0 aliphatic carbocycles. The summed E-state index contributed by atoms with van der Waals surface area (Å²) < 4.78 is 0. The molecule has 1 aliphatic rings. The van der Waals surface area contributed by atoms with Crippen LogP contribution in [-0.2, 0) is 0 Å². The molecule has 1 amide bonds. The molecule has 1 atom stereocenters. The molecule has 3 aromatic carbocycles. The fourth-order valence-corrected chi connectivity index (χ4v) is 5.00. The summed E-state index contributed by atoms with van der Waals surface area (Å²) in [5.41, 5.74) is 3.56. The van der Waals surface area contributed by atoms with Gasteiger partial charge in [0.05, 0.1) is 0 Å². The molecule has 26 heavy (non-hydrogen) atoms. The lowest BCUT2D eigenvalue weighted by Gasteiger charge is -2.21. The number of rotatable bonds is 2. The van der Waals surface area contributed by atoms with Crippen molar-refractivity contribution in [2.45, 2.75) is 18.6 Å². The molecule has 3 aromatic rings. The van der Waals surface area contributed by atoms with E-state index in [1.54, 1.807) is 0 Å². The van der Waals surface area contributed by atoms with Crippen LogP contribution in [0.4, 0.5) is 0 Å². The summed E-state index contributed by atoms with van der Waals surface area (Å²) in [7, 11) is 0. The topological polar surface area (TPSA) is 20.3 Å². The number of hydrogen-bond acceptors (Lipinski definition) is 2. The van der Waals surface area contributed by atoms with Crippen LogP contribution >= 0.6 is 11.8 Å². The van der Waals surface area contributed by atoms with Gasteiger partial charge in [-0.3, -0.25) is 4.79 Å². The van der Waals surface area contributed by atoms with Gasteiger partial charge in [-0.15, -0.1) is 0 Å². The van der Waals surface area contributed by atoms with E-state index in [0.29, 0.717) is 5.25 Å². The van der Waals surface area contributed by atoms with E-state index in [1.165, 1.54) is 16.5 Å². The van der Waals surface area contributed by atoms with Crippen LogP contribution in [0.15, 0.2) is 66.7 Å². The first-order valence-corrected chi connectivity index (χ1v) is 10.2. The number of carbonyl (C=O) groups excluding carboxylic acids is 1. The largest absolute Gasteiger partial charge is 0.338 e. The molecule has 1 unspecified atom stereocenters. The molecular weight excluding hydrogens is 338 g/mol. The number of fused-ring (bicyclic) bond motifs is 1. The summed E-state index contributed by atoms with van der Waals surface area (Å²) in [5, 5.41) is 2.78. The predicted molar refractivity (Wildman–Crippen MR) is 111 cm³/mol. The average Bonchev–Trinajstić information content (AvgIpc) is 2.93. The van der Waals surface area contributed by atoms with E-state index >= 15 is 0 Å². The highest BCUT2D eigenvalue weighted by Gasteiger charge is 2.23. The lowest BCUT2D eigenvalue weighted by atomic mass is 10.0. The van der Waals surface area contributed by atoms with Gasteiger partial charge in [0.25, 0.3) is 5.91 Å². The van der Waals surface area contributed by atoms with E-state index in [4.69, 9.17) is 0 Å². The van der Waals surface area contributed by atoms with E-state index in [-0.39, 0.29) is 5.91 Å². The Morgan fingerprint density at radius 2 is 1.73 bits per heavy atom. The van der Waals surface area contributed by atoms with Crippen molar-refractivity contribution in [3.05, 3.63) is 83.4 Å². The molecule has 0 spiro atoms. The Morgan fingerprint density at radius 1 is 0.962 bits per heavy atom. The molecule has 1 heterocycles. The van der Waals surface area contributed by atoms with Gasteiger partial charge in [-0.1, -0.05) is 54.6 Å². The van der Waals surface area contributed by atoms with Gasteiger partial charge in [-0.05, 0) is 47.4 Å². The molecule has 0 radical (unpaired) electrons. The van der Waals surface area contributed by atoms with Crippen LogP contribution in [0.2, 0.25) is 0 Å². The first-order chi connectivity index (χ1) is 12.7. The maximum atomic E-state index is 13.0. The molecule has 132 valence electrons. The van der Waals surface area contributed by atoms with Gasteiger partial charge in [0.1, 0.15) is 0 Å². The fraction of sp³-hybridized carbons (Fsp3) is 0.261.